The Hall–Kier alpha value is -3.09. The van der Waals surface area contributed by atoms with Gasteiger partial charge in [0, 0.05) is 5.56 Å². The normalized spacial score (nSPS) is 11.3. The first-order valence-corrected chi connectivity index (χ1v) is 12.5. The number of benzene rings is 1. The third kappa shape index (κ3) is 4.88. The van der Waals surface area contributed by atoms with E-state index in [1.54, 1.807) is 46.1 Å². The lowest BCUT2D eigenvalue weighted by Crippen LogP contribution is -2.20. The third-order valence-electron chi connectivity index (χ3n) is 4.90. The van der Waals surface area contributed by atoms with Gasteiger partial charge in [-0.3, -0.25) is 4.79 Å². The Morgan fingerprint density at radius 3 is 2.38 bits per heavy atom. The maximum absolute atomic E-state index is 13.2. The number of ether oxygens (including phenoxy) is 2. The molecule has 0 spiro atoms. The highest BCUT2D eigenvalue weighted by atomic mass is 35.5. The van der Waals surface area contributed by atoms with Crippen LogP contribution in [0.3, 0.4) is 0 Å². The second-order valence-electron chi connectivity index (χ2n) is 7.44. The average Bonchev–Trinajstić information content (AvgIpc) is 3.31. The van der Waals surface area contributed by atoms with Crippen molar-refractivity contribution < 1.29 is 32.0 Å². The quantitative estimate of drug-likeness (QED) is 0.332. The lowest BCUT2D eigenvalue weighted by atomic mass is 10.0. The number of hydrogen-bond acceptors (Lipinski definition) is 9. The van der Waals surface area contributed by atoms with Crippen molar-refractivity contribution in [2.45, 2.75) is 39.5 Å². The molecule has 0 saturated heterocycles. The number of halogens is 1. The summed E-state index contributed by atoms with van der Waals surface area (Å²) in [5.74, 6) is -0.664. The summed E-state index contributed by atoms with van der Waals surface area (Å²) >= 11 is 7.00. The molecule has 13 heteroatoms. The van der Waals surface area contributed by atoms with Crippen LogP contribution in [0.5, 0.6) is 5.75 Å². The van der Waals surface area contributed by atoms with E-state index in [0.29, 0.717) is 33.6 Å². The second kappa shape index (κ2) is 9.65. The number of sulfonamides is 1. The van der Waals surface area contributed by atoms with Gasteiger partial charge in [0.15, 0.2) is 0 Å². The van der Waals surface area contributed by atoms with Gasteiger partial charge < -0.3 is 19.3 Å². The van der Waals surface area contributed by atoms with Crippen LogP contribution in [0.2, 0.25) is 5.02 Å². The van der Waals surface area contributed by atoms with Crippen LogP contribution in [0.4, 0.5) is 16.4 Å². The molecule has 2 aromatic heterocycles. The second-order valence-corrected chi connectivity index (χ2v) is 10.3. The van der Waals surface area contributed by atoms with Gasteiger partial charge in [-0.15, -0.1) is 11.3 Å². The van der Waals surface area contributed by atoms with Crippen LogP contribution in [0.25, 0.3) is 0 Å². The molecular formula is C21H22ClN3O7S2. The van der Waals surface area contributed by atoms with Gasteiger partial charge in [-0.25, -0.2) is 17.9 Å². The summed E-state index contributed by atoms with van der Waals surface area (Å²) in [5, 5.41) is 7.94. The molecule has 1 amide bonds. The number of hydrogen-bond donors (Lipinski definition) is 2. The fraction of sp³-hybridized carbons (Fsp3) is 0.286. The standard InChI is InChI=1S/C21H22ClN3O7S2/c1-9-7-10(2)16(31-21(27)30-6)12(4)15(9)23-19(26)17-18(11(3)8-33-17)34(28,29)25-20-14(22)13(5)24-32-20/h7-8,25H,1-6H3,(H,23,26). The van der Waals surface area contributed by atoms with Crippen LogP contribution in [-0.4, -0.2) is 32.7 Å². The lowest BCUT2D eigenvalue weighted by Gasteiger charge is -2.17. The highest BCUT2D eigenvalue weighted by Crippen LogP contribution is 2.36. The SMILES string of the molecule is COC(=O)Oc1c(C)cc(C)c(NC(=O)c2scc(C)c2S(=O)(=O)Nc2onc(C)c2Cl)c1C. The number of methoxy groups -OCH3 is 1. The molecule has 34 heavy (non-hydrogen) atoms. The van der Waals surface area contributed by atoms with Crippen molar-refractivity contribution in [3.05, 3.63) is 49.3 Å². The third-order valence-corrected chi connectivity index (χ3v) is 8.09. The van der Waals surface area contributed by atoms with Crippen molar-refractivity contribution in [2.24, 2.45) is 0 Å². The van der Waals surface area contributed by atoms with E-state index in [1.807, 2.05) is 0 Å². The number of amides is 1. The molecule has 3 rings (SSSR count). The zero-order valence-corrected chi connectivity index (χ0v) is 21.5. The molecule has 2 N–H and O–H groups in total. The predicted molar refractivity (Wildman–Crippen MR) is 128 cm³/mol. The van der Waals surface area contributed by atoms with E-state index in [0.717, 1.165) is 11.3 Å². The van der Waals surface area contributed by atoms with Gasteiger partial charge in [0.05, 0.1) is 12.8 Å². The fourth-order valence-corrected chi connectivity index (χ4v) is 6.20. The molecule has 0 aliphatic heterocycles. The summed E-state index contributed by atoms with van der Waals surface area (Å²) in [5.41, 5.74) is 2.90. The number of nitrogens with zero attached hydrogens (tertiary/aromatic N) is 1. The van der Waals surface area contributed by atoms with Gasteiger partial charge >= 0.3 is 6.16 Å². The van der Waals surface area contributed by atoms with E-state index < -0.39 is 22.1 Å². The molecule has 1 aromatic carbocycles. The number of anilines is 2. The van der Waals surface area contributed by atoms with Gasteiger partial charge in [-0.05, 0) is 56.7 Å². The molecule has 0 fully saturated rings. The highest BCUT2D eigenvalue weighted by Gasteiger charge is 2.30. The zero-order chi connectivity index (χ0) is 25.4. The molecule has 0 radical (unpaired) electrons. The lowest BCUT2D eigenvalue weighted by molar-refractivity contribution is 0.102. The number of carbonyl (C=O) groups is 2. The van der Waals surface area contributed by atoms with Crippen LogP contribution < -0.4 is 14.8 Å². The number of carbonyl (C=O) groups excluding carboxylic acids is 2. The minimum atomic E-state index is -4.24. The molecule has 0 bridgehead atoms. The summed E-state index contributed by atoms with van der Waals surface area (Å²) in [6, 6.07) is 1.73. The van der Waals surface area contributed by atoms with E-state index >= 15 is 0 Å². The molecule has 3 aromatic rings. The first kappa shape index (κ1) is 25.5. The van der Waals surface area contributed by atoms with Crippen molar-refractivity contribution in [3.8, 4) is 5.75 Å². The van der Waals surface area contributed by atoms with Gasteiger partial charge in [-0.1, -0.05) is 22.8 Å². The van der Waals surface area contributed by atoms with Crippen molar-refractivity contribution in [1.29, 1.82) is 0 Å². The van der Waals surface area contributed by atoms with Crippen LogP contribution in [0.15, 0.2) is 20.9 Å². The first-order valence-electron chi connectivity index (χ1n) is 9.78. The van der Waals surface area contributed by atoms with Gasteiger partial charge in [-0.2, -0.15) is 0 Å². The van der Waals surface area contributed by atoms with E-state index in [-0.39, 0.29) is 26.4 Å². The Balaban J connectivity index is 1.98. The summed E-state index contributed by atoms with van der Waals surface area (Å²) in [6.45, 7) is 8.31. The van der Waals surface area contributed by atoms with Crippen LogP contribution >= 0.6 is 22.9 Å². The zero-order valence-electron chi connectivity index (χ0n) is 19.2. The van der Waals surface area contributed by atoms with Crippen molar-refractivity contribution >= 4 is 56.6 Å². The maximum atomic E-state index is 13.2. The minimum Gasteiger partial charge on any atom is -0.437 e. The molecule has 182 valence electrons. The molecule has 0 unspecified atom stereocenters. The van der Waals surface area contributed by atoms with Crippen molar-refractivity contribution in [3.63, 3.8) is 0 Å². The van der Waals surface area contributed by atoms with E-state index in [1.165, 1.54) is 7.11 Å². The van der Waals surface area contributed by atoms with Crippen molar-refractivity contribution in [1.82, 2.24) is 5.16 Å². The first-order chi connectivity index (χ1) is 15.9. The number of rotatable bonds is 6. The molecule has 0 aliphatic carbocycles. The summed E-state index contributed by atoms with van der Waals surface area (Å²) in [7, 11) is -3.05. The molecule has 2 heterocycles. The summed E-state index contributed by atoms with van der Waals surface area (Å²) < 4.78 is 43.2. The number of aryl methyl sites for hydroxylation is 4. The van der Waals surface area contributed by atoms with E-state index in [9.17, 15) is 18.0 Å². The Morgan fingerprint density at radius 1 is 1.12 bits per heavy atom. The Morgan fingerprint density at radius 2 is 1.79 bits per heavy atom. The Kier molecular flexibility index (Phi) is 7.24. The van der Waals surface area contributed by atoms with Crippen molar-refractivity contribution in [2.75, 3.05) is 17.1 Å². The van der Waals surface area contributed by atoms with Gasteiger partial charge in [0.1, 0.15) is 26.2 Å². The fourth-order valence-electron chi connectivity index (χ4n) is 3.33. The topological polar surface area (TPSA) is 137 Å². The Bertz CT molecular complexity index is 1390. The van der Waals surface area contributed by atoms with Crippen LogP contribution in [-0.2, 0) is 14.8 Å². The largest absolute Gasteiger partial charge is 0.513 e. The highest BCUT2D eigenvalue weighted by molar-refractivity contribution is 7.93. The number of nitrogens with one attached hydrogen (secondary N) is 2. The molecule has 0 saturated carbocycles. The van der Waals surface area contributed by atoms with Gasteiger partial charge in [0.2, 0.25) is 0 Å². The summed E-state index contributed by atoms with van der Waals surface area (Å²) in [6.07, 6.45) is -0.901. The van der Waals surface area contributed by atoms with Crippen LogP contribution in [0.1, 0.15) is 37.6 Å². The predicted octanol–water partition coefficient (Wildman–Crippen LogP) is 5.13. The van der Waals surface area contributed by atoms with Crippen LogP contribution in [0, 0.1) is 34.6 Å². The van der Waals surface area contributed by atoms with E-state index in [4.69, 9.17) is 20.9 Å². The minimum absolute atomic E-state index is 0.0199. The molecule has 0 atom stereocenters. The Labute approximate surface area is 205 Å². The van der Waals surface area contributed by atoms with Gasteiger partial charge in [0.25, 0.3) is 21.8 Å². The smallest absolute Gasteiger partial charge is 0.437 e. The summed E-state index contributed by atoms with van der Waals surface area (Å²) in [4.78, 5) is 24.6. The van der Waals surface area contributed by atoms with E-state index in [2.05, 4.69) is 19.9 Å². The average molecular weight is 528 g/mol. The monoisotopic (exact) mass is 527 g/mol. The molecule has 10 nitrogen and oxygen atoms in total. The number of thiophene rings is 1. The number of aromatic nitrogens is 1. The maximum Gasteiger partial charge on any atom is 0.513 e. The molecule has 0 aliphatic rings. The molecular weight excluding hydrogens is 506 g/mol.